The first-order valence-corrected chi connectivity index (χ1v) is 3.19. The molecule has 2 heteroatoms. The average Bonchev–Trinajstić information content (AvgIpc) is 1.94. The van der Waals surface area contributed by atoms with E-state index in [1.165, 1.54) is 6.07 Å². The van der Waals surface area contributed by atoms with Crippen molar-refractivity contribution in [3.63, 3.8) is 0 Å². The van der Waals surface area contributed by atoms with Crippen molar-refractivity contribution >= 4 is 0 Å². The van der Waals surface area contributed by atoms with Crippen molar-refractivity contribution in [1.82, 2.24) is 0 Å². The van der Waals surface area contributed by atoms with Gasteiger partial charge in [0.05, 0.1) is 0 Å². The average molecular weight is 160 g/mol. The quantitative estimate of drug-likeness (QED) is 0.410. The van der Waals surface area contributed by atoms with Gasteiger partial charge >= 0.3 is 29.6 Å². The van der Waals surface area contributed by atoms with E-state index >= 15 is 0 Å². The summed E-state index contributed by atoms with van der Waals surface area (Å²) in [5.74, 6) is -0.151. The van der Waals surface area contributed by atoms with Gasteiger partial charge in [-0.25, -0.2) is 4.39 Å². The van der Waals surface area contributed by atoms with E-state index in [4.69, 9.17) is 0 Å². The van der Waals surface area contributed by atoms with Gasteiger partial charge in [0.15, 0.2) is 0 Å². The third-order valence-electron chi connectivity index (χ3n) is 1.32. The van der Waals surface area contributed by atoms with E-state index in [0.717, 1.165) is 0 Å². The second kappa shape index (κ2) is 5.53. The summed E-state index contributed by atoms with van der Waals surface area (Å²) >= 11 is 0. The van der Waals surface area contributed by atoms with Crippen LogP contribution in [-0.4, -0.2) is 0 Å². The molecule has 0 bridgehead atoms. The van der Waals surface area contributed by atoms with Crippen LogP contribution < -0.4 is 29.6 Å². The Morgan fingerprint density at radius 2 is 2.09 bits per heavy atom. The van der Waals surface area contributed by atoms with Gasteiger partial charge in [-0.2, -0.15) is 0 Å². The molecule has 1 aromatic rings. The number of allylic oxidation sites excluding steroid dienone is 1. The first kappa shape index (κ1) is 10.9. The van der Waals surface area contributed by atoms with Crippen LogP contribution in [-0.2, 0) is 6.42 Å². The molecular weight excluding hydrogens is 150 g/mol. The first-order valence-electron chi connectivity index (χ1n) is 3.19. The maximum absolute atomic E-state index is 12.7. The van der Waals surface area contributed by atoms with Crippen molar-refractivity contribution in [1.29, 1.82) is 0 Å². The van der Waals surface area contributed by atoms with Crippen molar-refractivity contribution < 1.29 is 35.4 Å². The van der Waals surface area contributed by atoms with Gasteiger partial charge in [0.1, 0.15) is 5.82 Å². The summed E-state index contributed by atoms with van der Waals surface area (Å²) < 4.78 is 12.7. The van der Waals surface area contributed by atoms with Crippen LogP contribution in [0.25, 0.3) is 0 Å². The molecule has 0 aliphatic rings. The Kier molecular flexibility index (Phi) is 5.47. The van der Waals surface area contributed by atoms with Crippen LogP contribution in [0.4, 0.5) is 4.39 Å². The largest absolute Gasteiger partial charge is 1.00 e. The summed E-state index contributed by atoms with van der Waals surface area (Å²) in [6.07, 6.45) is 2.30. The van der Waals surface area contributed by atoms with E-state index in [9.17, 15) is 4.39 Å². The zero-order chi connectivity index (χ0) is 7.40. The second-order valence-corrected chi connectivity index (χ2v) is 2.08. The van der Waals surface area contributed by atoms with Gasteiger partial charge in [-0.1, -0.05) is 24.3 Å². The number of benzene rings is 1. The molecule has 0 radical (unpaired) electrons. The molecule has 1 aromatic carbocycles. The Morgan fingerprint density at radius 3 is 2.64 bits per heavy atom. The SMILES string of the molecule is C=CCc1ccccc1F.[H-].[Na+]. The fraction of sp³-hybridized carbons (Fsp3) is 0.111. The molecule has 0 atom stereocenters. The van der Waals surface area contributed by atoms with Gasteiger partial charge in [0.25, 0.3) is 0 Å². The molecule has 0 amide bonds. The van der Waals surface area contributed by atoms with Crippen molar-refractivity contribution in [3.05, 3.63) is 48.3 Å². The van der Waals surface area contributed by atoms with Crippen LogP contribution >= 0.6 is 0 Å². The van der Waals surface area contributed by atoms with Crippen LogP contribution in [0.5, 0.6) is 0 Å². The number of rotatable bonds is 2. The Balaban J connectivity index is 0. The third-order valence-corrected chi connectivity index (χ3v) is 1.32. The molecule has 0 aromatic heterocycles. The van der Waals surface area contributed by atoms with Crippen molar-refractivity contribution in [2.24, 2.45) is 0 Å². The van der Waals surface area contributed by atoms with Crippen LogP contribution in [0.15, 0.2) is 36.9 Å². The van der Waals surface area contributed by atoms with Crippen LogP contribution in [0, 0.1) is 5.82 Å². The standard InChI is InChI=1S/C9H9F.Na.H/c1-2-5-8-6-3-4-7-9(8)10;;/h2-4,6-7H,1,5H2;;/q;+1;-1. The molecule has 0 N–H and O–H groups in total. The molecule has 0 saturated heterocycles. The normalized spacial score (nSPS) is 8.45. The zero-order valence-electron chi connectivity index (χ0n) is 7.68. The zero-order valence-corrected chi connectivity index (χ0v) is 8.68. The van der Waals surface area contributed by atoms with Gasteiger partial charge < -0.3 is 1.43 Å². The molecule has 0 saturated carbocycles. The Morgan fingerprint density at radius 1 is 1.45 bits per heavy atom. The summed E-state index contributed by atoms with van der Waals surface area (Å²) in [5.41, 5.74) is 0.706. The summed E-state index contributed by atoms with van der Waals surface area (Å²) in [5, 5.41) is 0. The fourth-order valence-corrected chi connectivity index (χ4v) is 0.819. The maximum atomic E-state index is 12.7. The smallest absolute Gasteiger partial charge is 1.00 e. The van der Waals surface area contributed by atoms with E-state index < -0.39 is 0 Å². The Labute approximate surface area is 89.9 Å². The third kappa shape index (κ3) is 3.19. The number of halogens is 1. The molecule has 0 spiro atoms. The Hall–Kier alpha value is -0.110. The summed E-state index contributed by atoms with van der Waals surface area (Å²) in [7, 11) is 0. The minimum Gasteiger partial charge on any atom is -1.00 e. The molecule has 0 fully saturated rings. The number of hydrogen-bond acceptors (Lipinski definition) is 0. The second-order valence-electron chi connectivity index (χ2n) is 2.08. The molecule has 0 nitrogen and oxygen atoms in total. The van der Waals surface area contributed by atoms with Gasteiger partial charge in [0, 0.05) is 0 Å². The van der Waals surface area contributed by atoms with Gasteiger partial charge in [-0.3, -0.25) is 0 Å². The van der Waals surface area contributed by atoms with Crippen LogP contribution in [0.1, 0.15) is 6.99 Å². The first-order chi connectivity index (χ1) is 4.84. The minimum atomic E-state index is -0.151. The summed E-state index contributed by atoms with van der Waals surface area (Å²) in [4.78, 5) is 0. The predicted octanol–water partition coefficient (Wildman–Crippen LogP) is -0.329. The van der Waals surface area contributed by atoms with Gasteiger partial charge in [0.2, 0.25) is 0 Å². The van der Waals surface area contributed by atoms with Gasteiger partial charge in [-0.15, -0.1) is 6.58 Å². The molecule has 54 valence electrons. The van der Waals surface area contributed by atoms with Crippen LogP contribution in [0.3, 0.4) is 0 Å². The predicted molar refractivity (Wildman–Crippen MR) is 41.4 cm³/mol. The fourth-order valence-electron chi connectivity index (χ4n) is 0.819. The van der Waals surface area contributed by atoms with E-state index in [-0.39, 0.29) is 36.8 Å². The molecular formula is C9H10FNa. The molecule has 1 rings (SSSR count). The molecule has 0 aliphatic heterocycles. The monoisotopic (exact) mass is 160 g/mol. The molecule has 0 aliphatic carbocycles. The van der Waals surface area contributed by atoms with E-state index in [1.54, 1.807) is 18.2 Å². The van der Waals surface area contributed by atoms with Crippen molar-refractivity contribution in [3.8, 4) is 0 Å². The topological polar surface area (TPSA) is 0 Å². The van der Waals surface area contributed by atoms with E-state index in [1.807, 2.05) is 6.07 Å². The molecule has 11 heavy (non-hydrogen) atoms. The van der Waals surface area contributed by atoms with E-state index in [2.05, 4.69) is 6.58 Å². The van der Waals surface area contributed by atoms with Crippen molar-refractivity contribution in [2.45, 2.75) is 6.42 Å². The van der Waals surface area contributed by atoms with Gasteiger partial charge in [-0.05, 0) is 18.1 Å². The minimum absolute atomic E-state index is 0. The summed E-state index contributed by atoms with van der Waals surface area (Å²) in [6.45, 7) is 3.53. The molecule has 0 unspecified atom stereocenters. The number of hydrogen-bond donors (Lipinski definition) is 0. The maximum Gasteiger partial charge on any atom is 1.00 e. The molecule has 0 heterocycles. The Bertz CT molecular complexity index is 238. The van der Waals surface area contributed by atoms with E-state index in [0.29, 0.717) is 12.0 Å². The summed E-state index contributed by atoms with van der Waals surface area (Å²) in [6, 6.07) is 6.72. The van der Waals surface area contributed by atoms with Crippen LogP contribution in [0.2, 0.25) is 0 Å². The van der Waals surface area contributed by atoms with Crippen molar-refractivity contribution in [2.75, 3.05) is 0 Å².